The van der Waals surface area contributed by atoms with Crippen LogP contribution in [0.4, 0.5) is 0 Å². The number of nitrogens with zero attached hydrogens (tertiary/aromatic N) is 3. The van der Waals surface area contributed by atoms with Crippen LogP contribution in [0.1, 0.15) is 21.7 Å². The molecule has 21 heavy (non-hydrogen) atoms. The highest BCUT2D eigenvalue weighted by Gasteiger charge is 2.28. The Kier molecular flexibility index (Phi) is 3.71. The van der Waals surface area contributed by atoms with Gasteiger partial charge in [0.05, 0.1) is 12.8 Å². The maximum absolute atomic E-state index is 12.6. The summed E-state index contributed by atoms with van der Waals surface area (Å²) in [6, 6.07) is 7.80. The lowest BCUT2D eigenvalue weighted by Crippen LogP contribution is -2.39. The van der Waals surface area contributed by atoms with Crippen molar-refractivity contribution in [1.82, 2.24) is 14.5 Å². The van der Waals surface area contributed by atoms with Crippen molar-refractivity contribution in [3.63, 3.8) is 0 Å². The maximum atomic E-state index is 12.6. The third-order valence-electron chi connectivity index (χ3n) is 3.71. The van der Waals surface area contributed by atoms with Crippen molar-refractivity contribution >= 4 is 21.8 Å². The summed E-state index contributed by atoms with van der Waals surface area (Å²) in [6.45, 7) is 3.92. The summed E-state index contributed by atoms with van der Waals surface area (Å²) < 4.78 is 7.81. The van der Waals surface area contributed by atoms with Gasteiger partial charge in [0.25, 0.3) is 5.91 Å². The van der Waals surface area contributed by atoms with Gasteiger partial charge in [-0.05, 0) is 40.5 Å². The van der Waals surface area contributed by atoms with E-state index in [4.69, 9.17) is 4.74 Å². The molecular formula is C15H16BrN3O2. The molecule has 0 saturated heterocycles. The van der Waals surface area contributed by atoms with Crippen molar-refractivity contribution in [1.29, 1.82) is 0 Å². The van der Waals surface area contributed by atoms with Gasteiger partial charge in [0, 0.05) is 19.6 Å². The molecular weight excluding hydrogens is 334 g/mol. The Hall–Kier alpha value is -1.82. The Balaban J connectivity index is 1.81. The Morgan fingerprint density at radius 1 is 1.29 bits per heavy atom. The maximum Gasteiger partial charge on any atom is 0.272 e. The number of ether oxygens (including phenoxy) is 1. The number of hydrogen-bond donors (Lipinski definition) is 0. The van der Waals surface area contributed by atoms with Gasteiger partial charge in [0.1, 0.15) is 11.4 Å². The van der Waals surface area contributed by atoms with Crippen molar-refractivity contribution in [2.24, 2.45) is 0 Å². The van der Waals surface area contributed by atoms with Crippen LogP contribution in [0.5, 0.6) is 5.75 Å². The van der Waals surface area contributed by atoms with Crippen LogP contribution in [0.25, 0.3) is 0 Å². The molecule has 2 aromatic rings. The Morgan fingerprint density at radius 2 is 2.00 bits per heavy atom. The van der Waals surface area contributed by atoms with Crippen molar-refractivity contribution in [2.45, 2.75) is 20.0 Å². The zero-order valence-corrected chi connectivity index (χ0v) is 13.6. The molecule has 0 atom stereocenters. The van der Waals surface area contributed by atoms with Gasteiger partial charge in [0.15, 0.2) is 4.73 Å². The number of carbonyl (C=O) groups is 1. The Labute approximate surface area is 131 Å². The highest BCUT2D eigenvalue weighted by Crippen LogP contribution is 2.23. The third kappa shape index (κ3) is 2.55. The molecule has 6 heteroatoms. The molecule has 110 valence electrons. The van der Waals surface area contributed by atoms with Crippen LogP contribution in [-0.4, -0.2) is 34.0 Å². The molecule has 0 aliphatic carbocycles. The van der Waals surface area contributed by atoms with Crippen molar-refractivity contribution in [3.8, 4) is 5.75 Å². The average Bonchev–Trinajstić information content (AvgIpc) is 2.78. The van der Waals surface area contributed by atoms with E-state index in [-0.39, 0.29) is 5.91 Å². The van der Waals surface area contributed by atoms with Gasteiger partial charge in [-0.25, -0.2) is 4.98 Å². The van der Waals surface area contributed by atoms with Crippen LogP contribution < -0.4 is 4.74 Å². The van der Waals surface area contributed by atoms with E-state index in [0.29, 0.717) is 18.8 Å². The average molecular weight is 350 g/mol. The van der Waals surface area contributed by atoms with Crippen LogP contribution in [0.15, 0.2) is 29.0 Å². The van der Waals surface area contributed by atoms with Crippen LogP contribution in [0.3, 0.4) is 0 Å². The Morgan fingerprint density at radius 3 is 2.67 bits per heavy atom. The van der Waals surface area contributed by atoms with Crippen LogP contribution in [-0.2, 0) is 13.1 Å². The number of aryl methyl sites for hydroxylation is 1. The lowest BCUT2D eigenvalue weighted by molar-refractivity contribution is 0.0689. The molecule has 1 aromatic heterocycles. The number of fused-ring (bicyclic) bond motifs is 1. The number of imidazole rings is 1. The number of benzene rings is 1. The highest BCUT2D eigenvalue weighted by atomic mass is 79.9. The summed E-state index contributed by atoms with van der Waals surface area (Å²) in [6.07, 6.45) is 0. The summed E-state index contributed by atoms with van der Waals surface area (Å²) in [5.41, 5.74) is 2.54. The predicted molar refractivity (Wildman–Crippen MR) is 82.4 cm³/mol. The summed E-state index contributed by atoms with van der Waals surface area (Å²) in [4.78, 5) is 18.8. The number of rotatable bonds is 3. The summed E-state index contributed by atoms with van der Waals surface area (Å²) >= 11 is 3.40. The fraction of sp³-hybridized carbons (Fsp3) is 0.333. The second-order valence-electron chi connectivity index (χ2n) is 5.04. The first-order valence-electron chi connectivity index (χ1n) is 6.75. The summed E-state index contributed by atoms with van der Waals surface area (Å²) in [7, 11) is 1.64. The fourth-order valence-corrected chi connectivity index (χ4v) is 3.21. The number of amides is 1. The summed E-state index contributed by atoms with van der Waals surface area (Å²) in [5, 5.41) is 0. The second-order valence-corrected chi connectivity index (χ2v) is 5.75. The number of aromatic nitrogens is 2. The van der Waals surface area contributed by atoms with E-state index in [9.17, 15) is 4.79 Å². The number of methoxy groups -OCH3 is 1. The van der Waals surface area contributed by atoms with Gasteiger partial charge in [-0.15, -0.1) is 0 Å². The third-order valence-corrected chi connectivity index (χ3v) is 4.32. The topological polar surface area (TPSA) is 47.4 Å². The first-order chi connectivity index (χ1) is 10.1. The molecule has 0 spiro atoms. The minimum atomic E-state index is 0.0350. The molecule has 0 saturated carbocycles. The molecule has 1 aliphatic rings. The van der Waals surface area contributed by atoms with Gasteiger partial charge in [-0.2, -0.15) is 0 Å². The quantitative estimate of drug-likeness (QED) is 0.855. The van der Waals surface area contributed by atoms with E-state index >= 15 is 0 Å². The SMILES string of the molecule is COc1ccc(CN2CCn3c(Br)nc(C)c3C2=O)cc1. The Bertz CT molecular complexity index is 679. The van der Waals surface area contributed by atoms with Gasteiger partial charge >= 0.3 is 0 Å². The van der Waals surface area contributed by atoms with Crippen molar-refractivity contribution in [2.75, 3.05) is 13.7 Å². The standard InChI is InChI=1S/C15H16BrN3O2/c1-10-13-14(20)18(7-8-19(13)15(16)17-10)9-11-3-5-12(21-2)6-4-11/h3-6H,7-9H2,1-2H3. The molecule has 0 unspecified atom stereocenters. The van der Waals surface area contributed by atoms with E-state index in [1.165, 1.54) is 0 Å². The largest absolute Gasteiger partial charge is 0.497 e. The normalized spacial score (nSPS) is 14.2. The lowest BCUT2D eigenvalue weighted by atomic mass is 10.1. The minimum Gasteiger partial charge on any atom is -0.497 e. The molecule has 5 nitrogen and oxygen atoms in total. The summed E-state index contributed by atoms with van der Waals surface area (Å²) in [5.74, 6) is 0.856. The number of halogens is 1. The van der Waals surface area contributed by atoms with Crippen LogP contribution >= 0.6 is 15.9 Å². The molecule has 0 fully saturated rings. The molecule has 2 heterocycles. The van der Waals surface area contributed by atoms with Crippen LogP contribution in [0, 0.1) is 6.92 Å². The van der Waals surface area contributed by atoms with E-state index in [2.05, 4.69) is 20.9 Å². The molecule has 0 radical (unpaired) electrons. The monoisotopic (exact) mass is 349 g/mol. The van der Waals surface area contributed by atoms with Crippen molar-refractivity contribution in [3.05, 3.63) is 46.0 Å². The van der Waals surface area contributed by atoms with Crippen molar-refractivity contribution < 1.29 is 9.53 Å². The van der Waals surface area contributed by atoms with E-state index in [1.807, 2.05) is 40.7 Å². The van der Waals surface area contributed by atoms with Gasteiger partial charge in [0.2, 0.25) is 0 Å². The first-order valence-corrected chi connectivity index (χ1v) is 7.54. The molecule has 1 amide bonds. The molecule has 1 aromatic carbocycles. The van der Waals surface area contributed by atoms with E-state index in [1.54, 1.807) is 7.11 Å². The first kappa shape index (κ1) is 14.1. The zero-order chi connectivity index (χ0) is 15.0. The minimum absolute atomic E-state index is 0.0350. The molecule has 3 rings (SSSR count). The van der Waals surface area contributed by atoms with Gasteiger partial charge in [-0.1, -0.05) is 12.1 Å². The van der Waals surface area contributed by atoms with E-state index < -0.39 is 0 Å². The predicted octanol–water partition coefficient (Wildman–Crippen LogP) is 2.62. The van der Waals surface area contributed by atoms with Gasteiger partial charge in [-0.3, -0.25) is 4.79 Å². The highest BCUT2D eigenvalue weighted by molar-refractivity contribution is 9.10. The lowest BCUT2D eigenvalue weighted by Gasteiger charge is -2.28. The fourth-order valence-electron chi connectivity index (χ4n) is 2.59. The molecule has 1 aliphatic heterocycles. The molecule has 0 bridgehead atoms. The molecule has 0 N–H and O–H groups in total. The smallest absolute Gasteiger partial charge is 0.272 e. The number of carbonyl (C=O) groups excluding carboxylic acids is 1. The van der Waals surface area contributed by atoms with Crippen LogP contribution in [0.2, 0.25) is 0 Å². The zero-order valence-electron chi connectivity index (χ0n) is 12.0. The van der Waals surface area contributed by atoms with E-state index in [0.717, 1.165) is 28.3 Å². The van der Waals surface area contributed by atoms with Gasteiger partial charge < -0.3 is 14.2 Å². The second kappa shape index (κ2) is 5.52. The number of hydrogen-bond acceptors (Lipinski definition) is 3.